The quantitative estimate of drug-likeness (QED) is 0.708. The van der Waals surface area contributed by atoms with Gasteiger partial charge in [0.2, 0.25) is 10.0 Å². The summed E-state index contributed by atoms with van der Waals surface area (Å²) < 4.78 is 27.9. The molecule has 0 saturated heterocycles. The van der Waals surface area contributed by atoms with Crippen LogP contribution < -0.4 is 15.8 Å². The van der Waals surface area contributed by atoms with E-state index in [4.69, 9.17) is 5.73 Å². The van der Waals surface area contributed by atoms with Gasteiger partial charge in [-0.3, -0.25) is 4.79 Å². The van der Waals surface area contributed by atoms with Crippen LogP contribution in [0.3, 0.4) is 0 Å². The first-order chi connectivity index (χ1) is 10.4. The second-order valence-corrected chi connectivity index (χ2v) is 7.30. The number of benzene rings is 1. The van der Waals surface area contributed by atoms with Crippen molar-refractivity contribution >= 4 is 28.3 Å². The average molecular weight is 362 g/mol. The third-order valence-corrected chi connectivity index (χ3v) is 5.99. The SMILES string of the molecule is CCC(CC)(CN)NS(=O)(=O)c1ccc2c(c1)C(=O)NCC2.Cl. The van der Waals surface area contributed by atoms with Crippen LogP contribution in [0.1, 0.15) is 42.6 Å². The normalized spacial score (nSPS) is 14.7. The molecule has 0 bridgehead atoms. The molecule has 1 amide bonds. The summed E-state index contributed by atoms with van der Waals surface area (Å²) in [6.45, 7) is 4.61. The number of nitrogens with one attached hydrogen (secondary N) is 2. The first-order valence-corrected chi connectivity index (χ1v) is 9.01. The molecule has 0 saturated carbocycles. The molecule has 2 rings (SSSR count). The first-order valence-electron chi connectivity index (χ1n) is 7.52. The van der Waals surface area contributed by atoms with Gasteiger partial charge in [0.15, 0.2) is 0 Å². The van der Waals surface area contributed by atoms with Crippen LogP contribution in [0.15, 0.2) is 23.1 Å². The number of amides is 1. The van der Waals surface area contributed by atoms with Crippen LogP contribution in [-0.2, 0) is 16.4 Å². The minimum absolute atomic E-state index is 0. The third kappa shape index (κ3) is 4.03. The van der Waals surface area contributed by atoms with E-state index < -0.39 is 15.6 Å². The van der Waals surface area contributed by atoms with Gasteiger partial charge in [-0.2, -0.15) is 0 Å². The molecule has 0 fully saturated rings. The topological polar surface area (TPSA) is 101 Å². The Morgan fingerprint density at radius 3 is 2.52 bits per heavy atom. The van der Waals surface area contributed by atoms with Gasteiger partial charge in [-0.1, -0.05) is 19.9 Å². The fourth-order valence-corrected chi connectivity index (χ4v) is 4.21. The Hall–Kier alpha value is -1.15. The maximum Gasteiger partial charge on any atom is 0.251 e. The fraction of sp³-hybridized carbons (Fsp3) is 0.533. The molecule has 1 aliphatic heterocycles. The summed E-state index contributed by atoms with van der Waals surface area (Å²) in [6, 6.07) is 4.70. The molecule has 1 aromatic carbocycles. The van der Waals surface area contributed by atoms with Crippen molar-refractivity contribution in [3.8, 4) is 0 Å². The number of carbonyl (C=O) groups excluding carboxylic acids is 1. The van der Waals surface area contributed by atoms with Crippen molar-refractivity contribution in [2.24, 2.45) is 5.73 Å². The minimum atomic E-state index is -3.72. The van der Waals surface area contributed by atoms with Gasteiger partial charge in [0.1, 0.15) is 0 Å². The van der Waals surface area contributed by atoms with E-state index in [9.17, 15) is 13.2 Å². The highest BCUT2D eigenvalue weighted by atomic mass is 35.5. The van der Waals surface area contributed by atoms with E-state index in [1.807, 2.05) is 13.8 Å². The lowest BCUT2D eigenvalue weighted by atomic mass is 9.95. The zero-order chi connectivity index (χ0) is 16.4. The molecule has 0 radical (unpaired) electrons. The predicted octanol–water partition coefficient (Wildman–Crippen LogP) is 1.19. The van der Waals surface area contributed by atoms with Crippen molar-refractivity contribution in [1.29, 1.82) is 0 Å². The Balaban J connectivity index is 0.00000264. The maximum atomic E-state index is 12.6. The number of hydrogen-bond acceptors (Lipinski definition) is 4. The lowest BCUT2D eigenvalue weighted by molar-refractivity contribution is 0.0945. The number of halogens is 1. The second kappa shape index (κ2) is 7.61. The molecular formula is C15H24ClN3O3S. The van der Waals surface area contributed by atoms with Crippen LogP contribution in [-0.4, -0.2) is 33.0 Å². The van der Waals surface area contributed by atoms with E-state index in [-0.39, 0.29) is 29.8 Å². The summed E-state index contributed by atoms with van der Waals surface area (Å²) >= 11 is 0. The number of carbonyl (C=O) groups is 1. The van der Waals surface area contributed by atoms with Crippen molar-refractivity contribution in [2.75, 3.05) is 13.1 Å². The maximum absolute atomic E-state index is 12.6. The zero-order valence-electron chi connectivity index (χ0n) is 13.4. The van der Waals surface area contributed by atoms with E-state index in [0.29, 0.717) is 31.4 Å². The van der Waals surface area contributed by atoms with Gasteiger partial charge in [0.05, 0.1) is 4.90 Å². The lowest BCUT2D eigenvalue weighted by Crippen LogP contribution is -2.52. The predicted molar refractivity (Wildman–Crippen MR) is 92.4 cm³/mol. The molecule has 1 aliphatic rings. The molecule has 0 spiro atoms. The van der Waals surface area contributed by atoms with E-state index in [1.54, 1.807) is 12.1 Å². The standard InChI is InChI=1S/C15H23N3O3S.ClH/c1-3-15(4-2,10-16)18-22(20,21)12-6-5-11-7-8-17-14(19)13(11)9-12;/h5-6,9,18H,3-4,7-8,10,16H2,1-2H3,(H,17,19);1H. The van der Waals surface area contributed by atoms with E-state index in [0.717, 1.165) is 5.56 Å². The molecule has 6 nitrogen and oxygen atoms in total. The van der Waals surface area contributed by atoms with Crippen molar-refractivity contribution in [3.63, 3.8) is 0 Å². The van der Waals surface area contributed by atoms with Gasteiger partial charge in [-0.25, -0.2) is 13.1 Å². The van der Waals surface area contributed by atoms with E-state index in [1.165, 1.54) is 6.07 Å². The molecule has 0 aromatic heterocycles. The summed E-state index contributed by atoms with van der Waals surface area (Å²) in [4.78, 5) is 12.0. The summed E-state index contributed by atoms with van der Waals surface area (Å²) in [5.74, 6) is -0.227. The number of sulfonamides is 1. The van der Waals surface area contributed by atoms with Gasteiger partial charge < -0.3 is 11.1 Å². The van der Waals surface area contributed by atoms with Crippen LogP contribution in [0, 0.1) is 0 Å². The Kier molecular flexibility index (Phi) is 6.59. The van der Waals surface area contributed by atoms with Gasteiger partial charge in [0.25, 0.3) is 5.91 Å². The summed E-state index contributed by atoms with van der Waals surface area (Å²) in [6.07, 6.45) is 1.92. The van der Waals surface area contributed by atoms with E-state index >= 15 is 0 Å². The van der Waals surface area contributed by atoms with Crippen molar-refractivity contribution in [3.05, 3.63) is 29.3 Å². The van der Waals surface area contributed by atoms with Crippen LogP contribution in [0.2, 0.25) is 0 Å². The number of nitrogens with two attached hydrogens (primary N) is 1. The highest BCUT2D eigenvalue weighted by Crippen LogP contribution is 2.22. The van der Waals surface area contributed by atoms with Crippen LogP contribution in [0.4, 0.5) is 0 Å². The van der Waals surface area contributed by atoms with Crippen molar-refractivity contribution < 1.29 is 13.2 Å². The van der Waals surface area contributed by atoms with Crippen molar-refractivity contribution in [2.45, 2.75) is 43.5 Å². The Bertz CT molecular complexity index is 664. The molecule has 0 aliphatic carbocycles. The van der Waals surface area contributed by atoms with Gasteiger partial charge in [0, 0.05) is 24.2 Å². The Labute approximate surface area is 143 Å². The molecular weight excluding hydrogens is 338 g/mol. The molecule has 1 heterocycles. The molecule has 1 aromatic rings. The van der Waals surface area contributed by atoms with Crippen molar-refractivity contribution in [1.82, 2.24) is 10.0 Å². The monoisotopic (exact) mass is 361 g/mol. The summed E-state index contributed by atoms with van der Waals surface area (Å²) in [5, 5.41) is 2.72. The van der Waals surface area contributed by atoms with Gasteiger partial charge >= 0.3 is 0 Å². The average Bonchev–Trinajstić information content (AvgIpc) is 2.53. The number of rotatable bonds is 6. The summed E-state index contributed by atoms with van der Waals surface area (Å²) in [5.41, 5.74) is 6.40. The number of fused-ring (bicyclic) bond motifs is 1. The highest BCUT2D eigenvalue weighted by molar-refractivity contribution is 7.89. The van der Waals surface area contributed by atoms with E-state index in [2.05, 4.69) is 10.0 Å². The van der Waals surface area contributed by atoms with Crippen LogP contribution in [0.25, 0.3) is 0 Å². The summed E-state index contributed by atoms with van der Waals surface area (Å²) in [7, 11) is -3.72. The molecule has 8 heteroatoms. The second-order valence-electron chi connectivity index (χ2n) is 5.62. The Morgan fingerprint density at radius 1 is 1.30 bits per heavy atom. The van der Waals surface area contributed by atoms with Crippen LogP contribution in [0.5, 0.6) is 0 Å². The molecule has 23 heavy (non-hydrogen) atoms. The molecule has 130 valence electrons. The largest absolute Gasteiger partial charge is 0.352 e. The zero-order valence-corrected chi connectivity index (χ0v) is 15.0. The van der Waals surface area contributed by atoms with Crippen LogP contribution >= 0.6 is 12.4 Å². The Morgan fingerprint density at radius 2 is 1.96 bits per heavy atom. The molecule has 0 atom stereocenters. The smallest absolute Gasteiger partial charge is 0.251 e. The lowest BCUT2D eigenvalue weighted by Gasteiger charge is -2.31. The highest BCUT2D eigenvalue weighted by Gasteiger charge is 2.31. The third-order valence-electron chi connectivity index (χ3n) is 4.41. The molecule has 0 unspecified atom stereocenters. The fourth-order valence-electron chi connectivity index (χ4n) is 2.63. The first kappa shape index (κ1) is 19.9. The van der Waals surface area contributed by atoms with Gasteiger partial charge in [-0.15, -0.1) is 12.4 Å². The van der Waals surface area contributed by atoms with Gasteiger partial charge in [-0.05, 0) is 37.0 Å². The minimum Gasteiger partial charge on any atom is -0.352 e. The molecule has 4 N–H and O–H groups in total. The number of hydrogen-bond donors (Lipinski definition) is 3.